The fourth-order valence-corrected chi connectivity index (χ4v) is 3.01. The SMILES string of the molecule is O=C(Cc1cccc(O)c1)N1C[C@@H]2CCN[C@@H]2C1. The summed E-state index contributed by atoms with van der Waals surface area (Å²) < 4.78 is 0. The maximum atomic E-state index is 12.2. The van der Waals surface area contributed by atoms with E-state index in [9.17, 15) is 9.90 Å². The number of carbonyl (C=O) groups is 1. The molecule has 2 heterocycles. The van der Waals surface area contributed by atoms with Crippen LogP contribution in [0.2, 0.25) is 0 Å². The molecule has 2 atom stereocenters. The van der Waals surface area contributed by atoms with Crippen molar-refractivity contribution in [2.45, 2.75) is 18.9 Å². The van der Waals surface area contributed by atoms with Crippen LogP contribution in [0.4, 0.5) is 0 Å². The summed E-state index contributed by atoms with van der Waals surface area (Å²) >= 11 is 0. The van der Waals surface area contributed by atoms with Gasteiger partial charge in [0.05, 0.1) is 6.42 Å². The van der Waals surface area contributed by atoms with Crippen LogP contribution < -0.4 is 5.32 Å². The number of phenols is 1. The lowest BCUT2D eigenvalue weighted by atomic mass is 10.1. The molecule has 0 spiro atoms. The Bertz CT molecular complexity index is 449. The maximum Gasteiger partial charge on any atom is 0.227 e. The van der Waals surface area contributed by atoms with Gasteiger partial charge in [-0.3, -0.25) is 4.79 Å². The van der Waals surface area contributed by atoms with E-state index in [-0.39, 0.29) is 11.7 Å². The lowest BCUT2D eigenvalue weighted by molar-refractivity contribution is -0.129. The van der Waals surface area contributed by atoms with E-state index in [0.29, 0.717) is 18.4 Å². The molecule has 3 rings (SSSR count). The van der Waals surface area contributed by atoms with Crippen molar-refractivity contribution in [3.05, 3.63) is 29.8 Å². The van der Waals surface area contributed by atoms with Crippen LogP contribution in [0.25, 0.3) is 0 Å². The number of hydrogen-bond donors (Lipinski definition) is 2. The molecule has 1 aromatic rings. The summed E-state index contributed by atoms with van der Waals surface area (Å²) in [7, 11) is 0. The van der Waals surface area contributed by atoms with Gasteiger partial charge in [0.2, 0.25) is 5.91 Å². The van der Waals surface area contributed by atoms with Crippen LogP contribution in [-0.2, 0) is 11.2 Å². The van der Waals surface area contributed by atoms with Gasteiger partial charge in [-0.25, -0.2) is 0 Å². The fraction of sp³-hybridized carbons (Fsp3) is 0.500. The number of hydrogen-bond acceptors (Lipinski definition) is 3. The quantitative estimate of drug-likeness (QED) is 0.810. The third-order valence-electron chi connectivity index (χ3n) is 3.98. The predicted molar refractivity (Wildman–Crippen MR) is 68.3 cm³/mol. The van der Waals surface area contributed by atoms with E-state index in [1.807, 2.05) is 11.0 Å². The van der Waals surface area contributed by atoms with Crippen LogP contribution in [0.3, 0.4) is 0 Å². The summed E-state index contributed by atoms with van der Waals surface area (Å²) in [6, 6.07) is 7.44. The predicted octanol–water partition coefficient (Wildman–Crippen LogP) is 0.755. The molecule has 0 bridgehead atoms. The molecular weight excluding hydrogens is 228 g/mol. The first-order valence-corrected chi connectivity index (χ1v) is 6.51. The topological polar surface area (TPSA) is 52.6 Å². The first kappa shape index (κ1) is 11.5. The van der Waals surface area contributed by atoms with Gasteiger partial charge in [-0.1, -0.05) is 12.1 Å². The van der Waals surface area contributed by atoms with Gasteiger partial charge in [0.15, 0.2) is 0 Å². The van der Waals surface area contributed by atoms with E-state index in [4.69, 9.17) is 0 Å². The number of likely N-dealkylation sites (tertiary alicyclic amines) is 1. The Morgan fingerprint density at radius 2 is 2.33 bits per heavy atom. The van der Waals surface area contributed by atoms with E-state index in [0.717, 1.165) is 25.2 Å². The molecule has 1 aromatic carbocycles. The molecule has 0 radical (unpaired) electrons. The molecule has 2 aliphatic heterocycles. The monoisotopic (exact) mass is 246 g/mol. The van der Waals surface area contributed by atoms with Crippen LogP contribution in [0.5, 0.6) is 5.75 Å². The zero-order chi connectivity index (χ0) is 12.5. The number of nitrogens with zero attached hydrogens (tertiary/aromatic N) is 1. The second kappa shape index (κ2) is 4.61. The molecule has 0 saturated carbocycles. The normalized spacial score (nSPS) is 26.3. The molecule has 18 heavy (non-hydrogen) atoms. The first-order chi connectivity index (χ1) is 8.72. The summed E-state index contributed by atoms with van der Waals surface area (Å²) in [6.07, 6.45) is 1.56. The van der Waals surface area contributed by atoms with Crippen molar-refractivity contribution in [2.24, 2.45) is 5.92 Å². The molecule has 96 valence electrons. The highest BCUT2D eigenvalue weighted by Crippen LogP contribution is 2.25. The van der Waals surface area contributed by atoms with Crippen molar-refractivity contribution in [1.29, 1.82) is 0 Å². The molecule has 2 N–H and O–H groups in total. The Hall–Kier alpha value is -1.55. The van der Waals surface area contributed by atoms with Crippen molar-refractivity contribution in [2.75, 3.05) is 19.6 Å². The highest BCUT2D eigenvalue weighted by atomic mass is 16.3. The minimum Gasteiger partial charge on any atom is -0.508 e. The average Bonchev–Trinajstić information content (AvgIpc) is 2.88. The zero-order valence-electron chi connectivity index (χ0n) is 10.3. The molecule has 0 unspecified atom stereocenters. The Labute approximate surface area is 107 Å². The van der Waals surface area contributed by atoms with Gasteiger partial charge in [-0.2, -0.15) is 0 Å². The van der Waals surface area contributed by atoms with Gasteiger partial charge in [0.1, 0.15) is 5.75 Å². The number of rotatable bonds is 2. The largest absolute Gasteiger partial charge is 0.508 e. The molecule has 2 aliphatic rings. The number of nitrogens with one attached hydrogen (secondary N) is 1. The van der Waals surface area contributed by atoms with Gasteiger partial charge in [0.25, 0.3) is 0 Å². The second-order valence-corrected chi connectivity index (χ2v) is 5.25. The van der Waals surface area contributed by atoms with Crippen LogP contribution in [-0.4, -0.2) is 41.6 Å². The third-order valence-corrected chi connectivity index (χ3v) is 3.98. The van der Waals surface area contributed by atoms with E-state index in [2.05, 4.69) is 5.32 Å². The third kappa shape index (κ3) is 2.20. The Morgan fingerprint density at radius 3 is 3.11 bits per heavy atom. The molecular formula is C14H18N2O2. The van der Waals surface area contributed by atoms with Crippen molar-refractivity contribution < 1.29 is 9.90 Å². The van der Waals surface area contributed by atoms with E-state index in [1.54, 1.807) is 18.2 Å². The molecule has 4 nitrogen and oxygen atoms in total. The second-order valence-electron chi connectivity index (χ2n) is 5.25. The highest BCUT2D eigenvalue weighted by molar-refractivity contribution is 5.79. The van der Waals surface area contributed by atoms with Crippen LogP contribution >= 0.6 is 0 Å². The van der Waals surface area contributed by atoms with E-state index < -0.39 is 0 Å². The minimum absolute atomic E-state index is 0.164. The Kier molecular flexibility index (Phi) is 2.96. The number of fused-ring (bicyclic) bond motifs is 1. The van der Waals surface area contributed by atoms with E-state index in [1.165, 1.54) is 6.42 Å². The molecule has 0 aromatic heterocycles. The van der Waals surface area contributed by atoms with Gasteiger partial charge >= 0.3 is 0 Å². The minimum atomic E-state index is 0.164. The fourth-order valence-electron chi connectivity index (χ4n) is 3.01. The number of benzene rings is 1. The van der Waals surface area contributed by atoms with Gasteiger partial charge in [-0.05, 0) is 36.6 Å². The molecule has 1 amide bonds. The lowest BCUT2D eigenvalue weighted by Crippen LogP contribution is -2.34. The lowest BCUT2D eigenvalue weighted by Gasteiger charge is -2.17. The highest BCUT2D eigenvalue weighted by Gasteiger charge is 2.37. The molecule has 2 fully saturated rings. The zero-order valence-corrected chi connectivity index (χ0v) is 10.3. The Balaban J connectivity index is 1.62. The van der Waals surface area contributed by atoms with Crippen molar-refractivity contribution in [1.82, 2.24) is 10.2 Å². The summed E-state index contributed by atoms with van der Waals surface area (Å²) in [6.45, 7) is 2.81. The number of aromatic hydroxyl groups is 1. The number of carbonyl (C=O) groups excluding carboxylic acids is 1. The van der Waals surface area contributed by atoms with Crippen molar-refractivity contribution in [3.63, 3.8) is 0 Å². The molecule has 0 aliphatic carbocycles. The summed E-state index contributed by atoms with van der Waals surface area (Å²) in [5.41, 5.74) is 0.880. The smallest absolute Gasteiger partial charge is 0.227 e. The summed E-state index contributed by atoms with van der Waals surface area (Å²) in [5.74, 6) is 1.02. The molecule has 2 saturated heterocycles. The van der Waals surface area contributed by atoms with Crippen LogP contribution in [0.15, 0.2) is 24.3 Å². The number of phenolic OH excluding ortho intramolecular Hbond substituents is 1. The van der Waals surface area contributed by atoms with Crippen LogP contribution in [0, 0.1) is 5.92 Å². The van der Waals surface area contributed by atoms with E-state index >= 15 is 0 Å². The van der Waals surface area contributed by atoms with Gasteiger partial charge in [-0.15, -0.1) is 0 Å². The standard InChI is InChI=1S/C14H18N2O2/c17-12-3-1-2-10(6-12)7-14(18)16-8-11-4-5-15-13(11)9-16/h1-3,6,11,13,15,17H,4-5,7-9H2/t11-,13+/m0/s1. The maximum absolute atomic E-state index is 12.2. The van der Waals surface area contributed by atoms with Crippen LogP contribution in [0.1, 0.15) is 12.0 Å². The molecule has 4 heteroatoms. The van der Waals surface area contributed by atoms with Gasteiger partial charge in [0, 0.05) is 19.1 Å². The summed E-state index contributed by atoms with van der Waals surface area (Å²) in [5, 5.41) is 12.8. The summed E-state index contributed by atoms with van der Waals surface area (Å²) in [4.78, 5) is 14.1. The Morgan fingerprint density at radius 1 is 1.44 bits per heavy atom. The van der Waals surface area contributed by atoms with Gasteiger partial charge < -0.3 is 15.3 Å². The average molecular weight is 246 g/mol. The van der Waals surface area contributed by atoms with Crippen molar-refractivity contribution in [3.8, 4) is 5.75 Å². The van der Waals surface area contributed by atoms with Crippen molar-refractivity contribution >= 4 is 5.91 Å². The first-order valence-electron chi connectivity index (χ1n) is 6.51. The number of amides is 1.